The summed E-state index contributed by atoms with van der Waals surface area (Å²) in [6.07, 6.45) is 0. The van der Waals surface area contributed by atoms with Gasteiger partial charge in [-0.25, -0.2) is 10.6 Å². The van der Waals surface area contributed by atoms with E-state index in [4.69, 9.17) is 10.9 Å². The maximum absolute atomic E-state index is 11.5. The molecule has 1 amide bonds. The van der Waals surface area contributed by atoms with Crippen LogP contribution in [0.3, 0.4) is 0 Å². The van der Waals surface area contributed by atoms with Crippen LogP contribution < -0.4 is 11.3 Å². The van der Waals surface area contributed by atoms with E-state index in [0.29, 0.717) is 5.56 Å². The van der Waals surface area contributed by atoms with E-state index in [-0.39, 0.29) is 17.1 Å². The molecule has 0 aliphatic carbocycles. The first-order chi connectivity index (χ1) is 8.02. The number of carboxylic acid groups (broad SMARTS) is 1. The number of hydrogen-bond acceptors (Lipinski definition) is 4. The zero-order valence-corrected chi connectivity index (χ0v) is 9.70. The SMILES string of the molecule is NNC(=O)CS(=O)Cc1cccc(C(=O)O)c1. The molecule has 17 heavy (non-hydrogen) atoms. The highest BCUT2D eigenvalue weighted by atomic mass is 32.2. The second-order valence-electron chi connectivity index (χ2n) is 3.30. The Morgan fingerprint density at radius 3 is 2.71 bits per heavy atom. The minimum atomic E-state index is -1.41. The third-order valence-corrected chi connectivity index (χ3v) is 3.19. The fraction of sp³-hybridized carbons (Fsp3) is 0.200. The number of amides is 1. The van der Waals surface area contributed by atoms with Crippen molar-refractivity contribution in [1.82, 2.24) is 5.43 Å². The van der Waals surface area contributed by atoms with E-state index >= 15 is 0 Å². The van der Waals surface area contributed by atoms with E-state index in [9.17, 15) is 13.8 Å². The molecule has 0 saturated carbocycles. The van der Waals surface area contributed by atoms with Crippen molar-refractivity contribution >= 4 is 22.7 Å². The molecule has 0 heterocycles. The van der Waals surface area contributed by atoms with Crippen LogP contribution in [0.4, 0.5) is 0 Å². The Morgan fingerprint density at radius 1 is 1.41 bits per heavy atom. The van der Waals surface area contributed by atoms with Gasteiger partial charge in [-0.1, -0.05) is 12.1 Å². The first-order valence-electron chi connectivity index (χ1n) is 4.69. The molecule has 1 aromatic carbocycles. The molecular weight excluding hydrogens is 244 g/mol. The topological polar surface area (TPSA) is 109 Å². The Kier molecular flexibility index (Phi) is 4.80. The van der Waals surface area contributed by atoms with E-state index in [1.54, 1.807) is 12.1 Å². The number of carbonyl (C=O) groups is 2. The Balaban J connectivity index is 2.68. The highest BCUT2D eigenvalue weighted by molar-refractivity contribution is 7.84. The van der Waals surface area contributed by atoms with Gasteiger partial charge in [0, 0.05) is 16.6 Å². The van der Waals surface area contributed by atoms with E-state index in [1.807, 2.05) is 5.43 Å². The number of benzene rings is 1. The van der Waals surface area contributed by atoms with Gasteiger partial charge < -0.3 is 5.11 Å². The van der Waals surface area contributed by atoms with Crippen LogP contribution in [0.2, 0.25) is 0 Å². The maximum Gasteiger partial charge on any atom is 0.335 e. The molecule has 92 valence electrons. The highest BCUT2D eigenvalue weighted by Crippen LogP contribution is 2.08. The third-order valence-electron chi connectivity index (χ3n) is 1.95. The van der Waals surface area contributed by atoms with Gasteiger partial charge in [-0.15, -0.1) is 0 Å². The third kappa shape index (κ3) is 4.33. The van der Waals surface area contributed by atoms with Crippen molar-refractivity contribution in [3.63, 3.8) is 0 Å². The molecule has 1 unspecified atom stereocenters. The fourth-order valence-electron chi connectivity index (χ4n) is 1.22. The Bertz CT molecular complexity index is 461. The van der Waals surface area contributed by atoms with Crippen LogP contribution >= 0.6 is 0 Å². The van der Waals surface area contributed by atoms with E-state index in [2.05, 4.69) is 0 Å². The van der Waals surface area contributed by atoms with E-state index in [0.717, 1.165) is 0 Å². The zero-order chi connectivity index (χ0) is 12.8. The van der Waals surface area contributed by atoms with Crippen LogP contribution in [0.25, 0.3) is 0 Å². The van der Waals surface area contributed by atoms with E-state index in [1.165, 1.54) is 12.1 Å². The Labute approximate surface area is 100 Å². The number of carbonyl (C=O) groups excluding carboxylic acids is 1. The number of nitrogens with one attached hydrogen (secondary N) is 1. The van der Waals surface area contributed by atoms with Gasteiger partial charge >= 0.3 is 5.97 Å². The number of hydrazine groups is 1. The number of hydrogen-bond donors (Lipinski definition) is 3. The van der Waals surface area contributed by atoms with Crippen LogP contribution in [-0.4, -0.2) is 26.9 Å². The lowest BCUT2D eigenvalue weighted by Crippen LogP contribution is -2.34. The monoisotopic (exact) mass is 256 g/mol. The number of aromatic carboxylic acids is 1. The van der Waals surface area contributed by atoms with Crippen molar-refractivity contribution in [2.24, 2.45) is 5.84 Å². The molecule has 7 heteroatoms. The van der Waals surface area contributed by atoms with Gasteiger partial charge in [0.15, 0.2) is 0 Å². The predicted octanol–water partition coefficient (Wildman–Crippen LogP) is -0.377. The molecule has 1 aromatic rings. The molecule has 0 aliphatic heterocycles. The molecule has 0 saturated heterocycles. The molecular formula is C10H12N2O4S. The predicted molar refractivity (Wildman–Crippen MR) is 62.4 cm³/mol. The molecule has 0 radical (unpaired) electrons. The summed E-state index contributed by atoms with van der Waals surface area (Å²) in [6, 6.07) is 6.10. The standard InChI is InChI=1S/C10H12N2O4S/c11-12-9(13)6-17(16)5-7-2-1-3-8(4-7)10(14)15/h1-4H,5-6,11H2,(H,12,13)(H,14,15). The van der Waals surface area contributed by atoms with Crippen LogP contribution in [0.15, 0.2) is 24.3 Å². The van der Waals surface area contributed by atoms with Crippen molar-refractivity contribution in [1.29, 1.82) is 0 Å². The second kappa shape index (κ2) is 6.12. The number of rotatable bonds is 5. The normalized spacial score (nSPS) is 11.8. The molecule has 0 aromatic heterocycles. The largest absolute Gasteiger partial charge is 0.478 e. The maximum atomic E-state index is 11.5. The smallest absolute Gasteiger partial charge is 0.335 e. The Morgan fingerprint density at radius 2 is 2.12 bits per heavy atom. The summed E-state index contributed by atoms with van der Waals surface area (Å²) in [4.78, 5) is 21.6. The molecule has 6 nitrogen and oxygen atoms in total. The summed E-state index contributed by atoms with van der Waals surface area (Å²) in [5, 5.41) is 8.77. The summed E-state index contributed by atoms with van der Waals surface area (Å²) >= 11 is 0. The van der Waals surface area contributed by atoms with Gasteiger partial charge in [-0.3, -0.25) is 14.4 Å². The van der Waals surface area contributed by atoms with Crippen molar-refractivity contribution in [3.8, 4) is 0 Å². The van der Waals surface area contributed by atoms with E-state index < -0.39 is 22.7 Å². The molecule has 0 bridgehead atoms. The molecule has 0 spiro atoms. The molecule has 0 fully saturated rings. The van der Waals surface area contributed by atoms with Gasteiger partial charge in [-0.05, 0) is 17.7 Å². The minimum absolute atomic E-state index is 0.120. The van der Waals surface area contributed by atoms with Gasteiger partial charge in [0.25, 0.3) is 0 Å². The second-order valence-corrected chi connectivity index (χ2v) is 4.76. The van der Waals surface area contributed by atoms with Gasteiger partial charge in [0.1, 0.15) is 5.75 Å². The highest BCUT2D eigenvalue weighted by Gasteiger charge is 2.09. The van der Waals surface area contributed by atoms with Crippen molar-refractivity contribution < 1.29 is 18.9 Å². The fourth-order valence-corrected chi connectivity index (χ4v) is 2.25. The van der Waals surface area contributed by atoms with Crippen LogP contribution in [0.5, 0.6) is 0 Å². The molecule has 0 aliphatic rings. The van der Waals surface area contributed by atoms with Crippen molar-refractivity contribution in [2.45, 2.75) is 5.75 Å². The van der Waals surface area contributed by atoms with Crippen LogP contribution in [-0.2, 0) is 21.3 Å². The lowest BCUT2D eigenvalue weighted by Gasteiger charge is -2.03. The Hall–Kier alpha value is -1.73. The van der Waals surface area contributed by atoms with Crippen LogP contribution in [0, 0.1) is 0 Å². The summed E-state index contributed by atoms with van der Waals surface area (Å²) < 4.78 is 11.5. The lowest BCUT2D eigenvalue weighted by molar-refractivity contribution is -0.118. The average molecular weight is 256 g/mol. The van der Waals surface area contributed by atoms with Crippen LogP contribution in [0.1, 0.15) is 15.9 Å². The minimum Gasteiger partial charge on any atom is -0.478 e. The van der Waals surface area contributed by atoms with Gasteiger partial charge in [0.2, 0.25) is 5.91 Å². The zero-order valence-electron chi connectivity index (χ0n) is 8.88. The number of carboxylic acids is 1. The van der Waals surface area contributed by atoms with Crippen molar-refractivity contribution in [3.05, 3.63) is 35.4 Å². The summed E-state index contributed by atoms with van der Waals surface area (Å²) in [6.45, 7) is 0. The molecule has 4 N–H and O–H groups in total. The average Bonchev–Trinajstić information content (AvgIpc) is 2.28. The molecule has 1 rings (SSSR count). The summed E-state index contributed by atoms with van der Waals surface area (Å²) in [5.74, 6) is 3.22. The lowest BCUT2D eigenvalue weighted by atomic mass is 10.1. The van der Waals surface area contributed by atoms with Gasteiger partial charge in [0.05, 0.1) is 5.56 Å². The summed E-state index contributed by atoms with van der Waals surface area (Å²) in [7, 11) is -1.41. The quantitative estimate of drug-likeness (QED) is 0.378. The first kappa shape index (κ1) is 13.3. The van der Waals surface area contributed by atoms with Gasteiger partial charge in [-0.2, -0.15) is 0 Å². The summed E-state index contributed by atoms with van der Waals surface area (Å²) in [5.41, 5.74) is 2.62. The first-order valence-corrected chi connectivity index (χ1v) is 6.18. The number of nitrogens with two attached hydrogens (primary N) is 1. The van der Waals surface area contributed by atoms with Crippen molar-refractivity contribution in [2.75, 3.05) is 5.75 Å². The molecule has 1 atom stereocenters.